The van der Waals surface area contributed by atoms with Crippen molar-refractivity contribution in [1.82, 2.24) is 15.3 Å². The van der Waals surface area contributed by atoms with Crippen molar-refractivity contribution in [3.05, 3.63) is 58.7 Å². The van der Waals surface area contributed by atoms with E-state index in [-0.39, 0.29) is 5.91 Å². The molecule has 1 fully saturated rings. The molecule has 2 aromatic heterocycles. The van der Waals surface area contributed by atoms with Crippen molar-refractivity contribution in [3.63, 3.8) is 0 Å². The van der Waals surface area contributed by atoms with Crippen LogP contribution < -0.4 is 10.2 Å². The number of hydrogen-bond donors (Lipinski definition) is 2. The summed E-state index contributed by atoms with van der Waals surface area (Å²) in [5.74, 6) is 0.427. The Kier molecular flexibility index (Phi) is 4.75. The highest BCUT2D eigenvalue weighted by Crippen LogP contribution is 2.24. The second-order valence-corrected chi connectivity index (χ2v) is 7.76. The van der Waals surface area contributed by atoms with Gasteiger partial charge in [-0.1, -0.05) is 18.2 Å². The topological polar surface area (TPSA) is 61.0 Å². The van der Waals surface area contributed by atoms with Crippen molar-refractivity contribution in [2.75, 3.05) is 24.5 Å². The van der Waals surface area contributed by atoms with Crippen molar-refractivity contribution < 1.29 is 4.79 Å². The third-order valence-electron chi connectivity index (χ3n) is 4.80. The molecule has 1 atom stereocenters. The van der Waals surface area contributed by atoms with E-state index in [0.29, 0.717) is 18.2 Å². The minimum absolute atomic E-state index is 0.0543. The highest BCUT2D eigenvalue weighted by Gasteiger charge is 2.23. The molecule has 3 heterocycles. The second kappa shape index (κ2) is 7.33. The minimum Gasteiger partial charge on any atom is -0.371 e. The molecule has 1 amide bonds. The lowest BCUT2D eigenvalue weighted by Gasteiger charge is -2.18. The van der Waals surface area contributed by atoms with E-state index in [0.717, 1.165) is 35.8 Å². The molecule has 3 aromatic rings. The lowest BCUT2D eigenvalue weighted by molar-refractivity contribution is 0.0944. The van der Waals surface area contributed by atoms with Crippen LogP contribution in [0.4, 0.5) is 5.69 Å². The number of amides is 1. The monoisotopic (exact) mass is 366 g/mol. The molecule has 1 unspecified atom stereocenters. The van der Waals surface area contributed by atoms with Crippen molar-refractivity contribution >= 4 is 22.9 Å². The summed E-state index contributed by atoms with van der Waals surface area (Å²) in [4.78, 5) is 22.3. The van der Waals surface area contributed by atoms with Crippen molar-refractivity contribution in [3.8, 4) is 11.3 Å². The summed E-state index contributed by atoms with van der Waals surface area (Å²) in [6.45, 7) is 4.71. The third-order valence-corrected chi connectivity index (χ3v) is 5.57. The maximum absolute atomic E-state index is 12.4. The van der Waals surface area contributed by atoms with Crippen LogP contribution in [0, 0.1) is 12.8 Å². The van der Waals surface area contributed by atoms with Crippen LogP contribution in [0.1, 0.15) is 21.9 Å². The molecule has 134 valence electrons. The predicted molar refractivity (Wildman–Crippen MR) is 106 cm³/mol. The lowest BCUT2D eigenvalue weighted by Crippen LogP contribution is -2.31. The fourth-order valence-electron chi connectivity index (χ4n) is 3.37. The van der Waals surface area contributed by atoms with Gasteiger partial charge in [0.15, 0.2) is 0 Å². The van der Waals surface area contributed by atoms with Gasteiger partial charge in [0.1, 0.15) is 5.69 Å². The van der Waals surface area contributed by atoms with Gasteiger partial charge in [-0.05, 0) is 37.5 Å². The molecule has 1 aromatic carbocycles. The normalized spacial score (nSPS) is 16.8. The fraction of sp³-hybridized carbons (Fsp3) is 0.300. The Morgan fingerprint density at radius 1 is 1.38 bits per heavy atom. The van der Waals surface area contributed by atoms with E-state index in [9.17, 15) is 4.79 Å². The Balaban J connectivity index is 1.31. The van der Waals surface area contributed by atoms with Gasteiger partial charge in [0.25, 0.3) is 5.91 Å². The summed E-state index contributed by atoms with van der Waals surface area (Å²) in [7, 11) is 0. The summed E-state index contributed by atoms with van der Waals surface area (Å²) in [6.07, 6.45) is 2.94. The van der Waals surface area contributed by atoms with Gasteiger partial charge in [0, 0.05) is 42.5 Å². The zero-order valence-corrected chi connectivity index (χ0v) is 15.6. The summed E-state index contributed by atoms with van der Waals surface area (Å²) in [5, 5.41) is 6.10. The molecule has 0 saturated carbocycles. The van der Waals surface area contributed by atoms with Crippen LogP contribution >= 0.6 is 11.3 Å². The molecule has 0 bridgehead atoms. The van der Waals surface area contributed by atoms with Gasteiger partial charge in [-0.3, -0.25) is 4.79 Å². The Morgan fingerprint density at radius 3 is 3.00 bits per heavy atom. The number of aryl methyl sites for hydroxylation is 1. The molecular formula is C20H22N4OS. The predicted octanol–water partition coefficient (Wildman–Crippen LogP) is 3.70. The molecule has 26 heavy (non-hydrogen) atoms. The molecule has 1 saturated heterocycles. The minimum atomic E-state index is -0.0543. The Morgan fingerprint density at radius 2 is 2.23 bits per heavy atom. The standard InChI is InChI=1S/C20H22N4OS/c1-14-23-19(13-26-14)16-9-18(21-11-16)20(25)22-10-15-7-8-24(12-15)17-5-3-2-4-6-17/h2-6,9,11,13,15,21H,7-8,10,12H2,1H3,(H,22,25). The molecule has 6 heteroatoms. The van der Waals surface area contributed by atoms with Crippen LogP contribution in [0.2, 0.25) is 0 Å². The zero-order chi connectivity index (χ0) is 17.9. The van der Waals surface area contributed by atoms with E-state index in [1.165, 1.54) is 5.69 Å². The van der Waals surface area contributed by atoms with E-state index in [1.54, 1.807) is 11.3 Å². The van der Waals surface area contributed by atoms with E-state index >= 15 is 0 Å². The summed E-state index contributed by atoms with van der Waals surface area (Å²) >= 11 is 1.61. The molecule has 1 aliphatic heterocycles. The second-order valence-electron chi connectivity index (χ2n) is 6.70. The van der Waals surface area contributed by atoms with Gasteiger partial charge in [0.2, 0.25) is 0 Å². The molecule has 4 rings (SSSR count). The quantitative estimate of drug-likeness (QED) is 0.724. The first-order valence-electron chi connectivity index (χ1n) is 8.88. The number of carbonyl (C=O) groups excluding carboxylic acids is 1. The van der Waals surface area contributed by atoms with Crippen LogP contribution in [0.15, 0.2) is 48.0 Å². The van der Waals surface area contributed by atoms with Crippen LogP contribution in [-0.4, -0.2) is 35.5 Å². The number of rotatable bonds is 5. The molecule has 5 nitrogen and oxygen atoms in total. The van der Waals surface area contributed by atoms with Crippen LogP contribution in [0.3, 0.4) is 0 Å². The molecule has 0 spiro atoms. The molecule has 0 radical (unpaired) electrons. The zero-order valence-electron chi connectivity index (χ0n) is 14.7. The van der Waals surface area contributed by atoms with Crippen LogP contribution in [0.5, 0.6) is 0 Å². The number of benzene rings is 1. The van der Waals surface area contributed by atoms with Gasteiger partial charge < -0.3 is 15.2 Å². The van der Waals surface area contributed by atoms with Gasteiger partial charge in [-0.2, -0.15) is 0 Å². The Bertz CT molecular complexity index is 886. The molecule has 0 aliphatic carbocycles. The number of nitrogens with one attached hydrogen (secondary N) is 2. The van der Waals surface area contributed by atoms with Crippen molar-refractivity contribution in [2.45, 2.75) is 13.3 Å². The Labute approximate surface area is 157 Å². The maximum Gasteiger partial charge on any atom is 0.267 e. The number of aromatic amines is 1. The number of hydrogen-bond acceptors (Lipinski definition) is 4. The van der Waals surface area contributed by atoms with Crippen molar-refractivity contribution in [2.24, 2.45) is 5.92 Å². The SMILES string of the molecule is Cc1nc(-c2c[nH]c(C(=O)NCC3CCN(c4ccccc4)C3)c2)cs1. The number of thiazole rings is 1. The van der Waals surface area contributed by atoms with Gasteiger partial charge in [-0.25, -0.2) is 4.98 Å². The first-order chi connectivity index (χ1) is 12.7. The first-order valence-corrected chi connectivity index (χ1v) is 9.76. The highest BCUT2D eigenvalue weighted by atomic mass is 32.1. The van der Waals surface area contributed by atoms with Gasteiger partial charge >= 0.3 is 0 Å². The number of para-hydroxylation sites is 1. The smallest absolute Gasteiger partial charge is 0.267 e. The molecular weight excluding hydrogens is 344 g/mol. The largest absolute Gasteiger partial charge is 0.371 e. The average Bonchev–Trinajstić information content (AvgIpc) is 3.40. The van der Waals surface area contributed by atoms with Gasteiger partial charge in [-0.15, -0.1) is 11.3 Å². The van der Waals surface area contributed by atoms with Crippen molar-refractivity contribution in [1.29, 1.82) is 0 Å². The molecule has 1 aliphatic rings. The van der Waals surface area contributed by atoms with Gasteiger partial charge in [0.05, 0.1) is 10.7 Å². The summed E-state index contributed by atoms with van der Waals surface area (Å²) in [6, 6.07) is 12.3. The van der Waals surface area contributed by atoms with E-state index < -0.39 is 0 Å². The van der Waals surface area contributed by atoms with E-state index in [4.69, 9.17) is 0 Å². The number of carbonyl (C=O) groups is 1. The number of aromatic nitrogens is 2. The molecule has 2 N–H and O–H groups in total. The first kappa shape index (κ1) is 16.8. The number of nitrogens with zero attached hydrogens (tertiary/aromatic N) is 2. The Hall–Kier alpha value is -2.60. The van der Waals surface area contributed by atoms with E-state index in [2.05, 4.69) is 44.5 Å². The number of anilines is 1. The third kappa shape index (κ3) is 3.65. The average molecular weight is 366 g/mol. The lowest BCUT2D eigenvalue weighted by atomic mass is 10.1. The van der Waals surface area contributed by atoms with Crippen LogP contribution in [-0.2, 0) is 0 Å². The summed E-state index contributed by atoms with van der Waals surface area (Å²) < 4.78 is 0. The fourth-order valence-corrected chi connectivity index (χ4v) is 4.00. The van der Waals surface area contributed by atoms with Crippen LogP contribution in [0.25, 0.3) is 11.3 Å². The highest BCUT2D eigenvalue weighted by molar-refractivity contribution is 7.09. The van der Waals surface area contributed by atoms with E-state index in [1.807, 2.05) is 30.6 Å². The summed E-state index contributed by atoms with van der Waals surface area (Å²) in [5.41, 5.74) is 3.71. The maximum atomic E-state index is 12.4. The number of H-pyrrole nitrogens is 1.